The molecule has 6 nitrogen and oxygen atoms in total. The van der Waals surface area contributed by atoms with Gasteiger partial charge in [-0.3, -0.25) is 0 Å². The number of aromatic carboxylic acids is 1. The lowest BCUT2D eigenvalue weighted by molar-refractivity contribution is -0.0778. The first kappa shape index (κ1) is 21.8. The van der Waals surface area contributed by atoms with Gasteiger partial charge >= 0.3 is 5.97 Å². The van der Waals surface area contributed by atoms with Crippen LogP contribution in [0.25, 0.3) is 0 Å². The van der Waals surface area contributed by atoms with Crippen LogP contribution in [0.3, 0.4) is 0 Å². The molecule has 158 valence electrons. The largest absolute Gasteiger partial charge is 0.478 e. The van der Waals surface area contributed by atoms with Crippen LogP contribution in [0, 0.1) is 17.2 Å². The Morgan fingerprint density at radius 3 is 2.43 bits per heavy atom. The monoisotopic (exact) mass is 407 g/mol. The molecule has 0 amide bonds. The third-order valence-corrected chi connectivity index (χ3v) is 6.15. The van der Waals surface area contributed by atoms with E-state index in [2.05, 4.69) is 16.7 Å². The molecule has 3 N–H and O–H groups in total. The van der Waals surface area contributed by atoms with E-state index in [9.17, 15) is 4.79 Å². The molecular formula is C24H29N3O3. The van der Waals surface area contributed by atoms with Gasteiger partial charge in [0, 0.05) is 25.3 Å². The summed E-state index contributed by atoms with van der Waals surface area (Å²) in [5, 5.41) is 25.0. The van der Waals surface area contributed by atoms with Crippen molar-refractivity contribution in [2.75, 3.05) is 32.1 Å². The highest BCUT2D eigenvalue weighted by Gasteiger charge is 2.39. The first-order valence-corrected chi connectivity index (χ1v) is 10.4. The standard InChI is InChI=1S/C24H29N3O3/c1-30-24(12-14-26-15-13-24)21(9-6-18-2-4-19(16-25)5-3-18)17-27-22-10-7-20(8-11-22)23(28)29/h2-5,7-8,10-11,21,26-27H,6,9,12-15,17H2,1H3,(H,28,29). The molecule has 2 aromatic rings. The number of aryl methyl sites for hydroxylation is 1. The molecule has 2 aromatic carbocycles. The van der Waals surface area contributed by atoms with Crippen molar-refractivity contribution in [1.29, 1.82) is 5.26 Å². The second-order valence-corrected chi connectivity index (χ2v) is 7.83. The molecule has 30 heavy (non-hydrogen) atoms. The summed E-state index contributed by atoms with van der Waals surface area (Å²) in [5.74, 6) is -0.630. The number of carboxylic acids is 1. The van der Waals surface area contributed by atoms with Gasteiger partial charge in [-0.2, -0.15) is 5.26 Å². The van der Waals surface area contributed by atoms with Crippen LogP contribution < -0.4 is 10.6 Å². The summed E-state index contributed by atoms with van der Waals surface area (Å²) in [6.07, 6.45) is 3.79. The molecule has 0 aromatic heterocycles. The molecule has 1 heterocycles. The summed E-state index contributed by atoms with van der Waals surface area (Å²) in [5.41, 5.74) is 2.89. The Morgan fingerprint density at radius 2 is 1.87 bits per heavy atom. The van der Waals surface area contributed by atoms with Crippen molar-refractivity contribution in [2.45, 2.75) is 31.3 Å². The van der Waals surface area contributed by atoms with Crippen LogP contribution in [-0.2, 0) is 11.2 Å². The summed E-state index contributed by atoms with van der Waals surface area (Å²) in [6.45, 7) is 2.62. The summed E-state index contributed by atoms with van der Waals surface area (Å²) in [7, 11) is 1.81. The van der Waals surface area contributed by atoms with Crippen molar-refractivity contribution in [3.8, 4) is 6.07 Å². The molecule has 1 atom stereocenters. The zero-order valence-corrected chi connectivity index (χ0v) is 17.4. The molecule has 3 rings (SSSR count). The average molecular weight is 408 g/mol. The van der Waals surface area contributed by atoms with Gasteiger partial charge in [-0.25, -0.2) is 4.79 Å². The number of hydrogen-bond donors (Lipinski definition) is 3. The molecule has 1 fully saturated rings. The number of nitriles is 1. The number of piperidine rings is 1. The first-order chi connectivity index (χ1) is 14.6. The number of rotatable bonds is 9. The van der Waals surface area contributed by atoms with E-state index in [1.165, 1.54) is 5.56 Å². The summed E-state index contributed by atoms with van der Waals surface area (Å²) in [4.78, 5) is 11.1. The number of nitrogens with zero attached hydrogens (tertiary/aromatic N) is 1. The van der Waals surface area contributed by atoms with Crippen molar-refractivity contribution in [1.82, 2.24) is 5.32 Å². The van der Waals surface area contributed by atoms with Crippen molar-refractivity contribution in [2.24, 2.45) is 5.92 Å². The van der Waals surface area contributed by atoms with E-state index in [-0.39, 0.29) is 11.2 Å². The first-order valence-electron chi connectivity index (χ1n) is 10.4. The van der Waals surface area contributed by atoms with Gasteiger partial charge < -0.3 is 20.5 Å². The minimum atomic E-state index is -0.921. The number of nitrogens with one attached hydrogen (secondary N) is 2. The van der Waals surface area contributed by atoms with Crippen LogP contribution in [0.5, 0.6) is 0 Å². The van der Waals surface area contributed by atoms with Crippen molar-refractivity contribution in [3.05, 3.63) is 65.2 Å². The number of carbonyl (C=O) groups is 1. The van der Waals surface area contributed by atoms with E-state index in [1.807, 2.05) is 43.5 Å². The van der Waals surface area contributed by atoms with Crippen LogP contribution in [0.4, 0.5) is 5.69 Å². The molecule has 0 spiro atoms. The maximum atomic E-state index is 11.1. The Kier molecular flexibility index (Phi) is 7.45. The number of methoxy groups -OCH3 is 1. The Bertz CT molecular complexity index is 866. The van der Waals surface area contributed by atoms with Gasteiger partial charge in [-0.05, 0) is 80.7 Å². The van der Waals surface area contributed by atoms with E-state index in [0.717, 1.165) is 51.0 Å². The molecular weight excluding hydrogens is 378 g/mol. The molecule has 1 saturated heterocycles. The Labute approximate surface area is 177 Å². The maximum Gasteiger partial charge on any atom is 0.335 e. The predicted octanol–water partition coefficient (Wildman–Crippen LogP) is 3.69. The molecule has 0 radical (unpaired) electrons. The Balaban J connectivity index is 1.71. The molecule has 0 saturated carbocycles. The van der Waals surface area contributed by atoms with E-state index < -0.39 is 5.97 Å². The SMILES string of the molecule is COC1(C(CCc2ccc(C#N)cc2)CNc2ccc(C(=O)O)cc2)CCNCC1. The molecule has 1 unspecified atom stereocenters. The normalized spacial score (nSPS) is 16.4. The molecule has 0 bridgehead atoms. The van der Waals surface area contributed by atoms with Crippen LogP contribution >= 0.6 is 0 Å². The van der Waals surface area contributed by atoms with Gasteiger partial charge in [0.25, 0.3) is 0 Å². The summed E-state index contributed by atoms with van der Waals surface area (Å²) >= 11 is 0. The van der Waals surface area contributed by atoms with Crippen molar-refractivity contribution >= 4 is 11.7 Å². The smallest absolute Gasteiger partial charge is 0.335 e. The fraction of sp³-hybridized carbons (Fsp3) is 0.417. The summed E-state index contributed by atoms with van der Waals surface area (Å²) in [6, 6.07) is 16.8. The lowest BCUT2D eigenvalue weighted by atomic mass is 9.76. The lowest BCUT2D eigenvalue weighted by Gasteiger charge is -2.43. The van der Waals surface area contributed by atoms with Crippen molar-refractivity contribution < 1.29 is 14.6 Å². The number of hydrogen-bond acceptors (Lipinski definition) is 5. The highest BCUT2D eigenvalue weighted by molar-refractivity contribution is 5.87. The molecule has 0 aliphatic carbocycles. The van der Waals surface area contributed by atoms with E-state index >= 15 is 0 Å². The summed E-state index contributed by atoms with van der Waals surface area (Å²) < 4.78 is 6.10. The highest BCUT2D eigenvalue weighted by Crippen LogP contribution is 2.34. The second-order valence-electron chi connectivity index (χ2n) is 7.83. The van der Waals surface area contributed by atoms with Gasteiger partial charge in [0.1, 0.15) is 0 Å². The van der Waals surface area contributed by atoms with Gasteiger partial charge in [-0.1, -0.05) is 12.1 Å². The lowest BCUT2D eigenvalue weighted by Crippen LogP contribution is -2.50. The minimum Gasteiger partial charge on any atom is -0.478 e. The van der Waals surface area contributed by atoms with Gasteiger partial charge in [-0.15, -0.1) is 0 Å². The number of benzene rings is 2. The fourth-order valence-electron chi connectivity index (χ4n) is 4.24. The molecule has 6 heteroatoms. The molecule has 1 aliphatic heterocycles. The fourth-order valence-corrected chi connectivity index (χ4v) is 4.24. The second kappa shape index (κ2) is 10.2. The van der Waals surface area contributed by atoms with E-state index in [0.29, 0.717) is 11.5 Å². The van der Waals surface area contributed by atoms with Crippen molar-refractivity contribution in [3.63, 3.8) is 0 Å². The number of carboxylic acid groups (broad SMARTS) is 1. The van der Waals surface area contributed by atoms with Crippen LogP contribution in [-0.4, -0.2) is 43.4 Å². The van der Waals surface area contributed by atoms with Crippen LogP contribution in [0.2, 0.25) is 0 Å². The van der Waals surface area contributed by atoms with Crippen LogP contribution in [0.1, 0.15) is 40.7 Å². The van der Waals surface area contributed by atoms with E-state index in [1.54, 1.807) is 12.1 Å². The third-order valence-electron chi connectivity index (χ3n) is 6.15. The highest BCUT2D eigenvalue weighted by atomic mass is 16.5. The average Bonchev–Trinajstić information content (AvgIpc) is 2.80. The predicted molar refractivity (Wildman–Crippen MR) is 117 cm³/mol. The maximum absolute atomic E-state index is 11.1. The minimum absolute atomic E-state index is 0.189. The number of ether oxygens (including phenoxy) is 1. The zero-order valence-electron chi connectivity index (χ0n) is 17.4. The third kappa shape index (κ3) is 5.38. The van der Waals surface area contributed by atoms with Crippen LogP contribution in [0.15, 0.2) is 48.5 Å². The van der Waals surface area contributed by atoms with Gasteiger partial charge in [0.15, 0.2) is 0 Å². The zero-order chi connectivity index (χ0) is 21.4. The molecule has 1 aliphatic rings. The quantitative estimate of drug-likeness (QED) is 0.587. The van der Waals surface area contributed by atoms with E-state index in [4.69, 9.17) is 15.1 Å². The van der Waals surface area contributed by atoms with Gasteiger partial charge in [0.05, 0.1) is 22.8 Å². The van der Waals surface area contributed by atoms with Gasteiger partial charge in [0.2, 0.25) is 0 Å². The Morgan fingerprint density at radius 1 is 1.20 bits per heavy atom. The number of anilines is 1. The topological polar surface area (TPSA) is 94.4 Å². The Hall–Kier alpha value is -2.88.